The van der Waals surface area contributed by atoms with Crippen LogP contribution in [-0.4, -0.2) is 63.1 Å². The highest BCUT2D eigenvalue weighted by atomic mass is 32.1. The van der Waals surface area contributed by atoms with E-state index < -0.39 is 5.60 Å². The van der Waals surface area contributed by atoms with Crippen molar-refractivity contribution in [3.63, 3.8) is 0 Å². The third kappa shape index (κ3) is 5.26. The molecule has 1 saturated heterocycles. The molecule has 170 valence electrons. The molecule has 9 heteroatoms. The van der Waals surface area contributed by atoms with Gasteiger partial charge in [-0.25, -0.2) is 9.78 Å². The quantitative estimate of drug-likeness (QED) is 0.713. The van der Waals surface area contributed by atoms with Crippen LogP contribution in [0.15, 0.2) is 11.1 Å². The predicted molar refractivity (Wildman–Crippen MR) is 122 cm³/mol. The number of ether oxygens (including phenoxy) is 1. The molecule has 2 amide bonds. The van der Waals surface area contributed by atoms with E-state index in [1.165, 1.54) is 11.3 Å². The molecule has 3 heterocycles. The first-order valence-electron chi connectivity index (χ1n) is 10.9. The van der Waals surface area contributed by atoms with Gasteiger partial charge in [0, 0.05) is 32.7 Å². The maximum Gasteiger partial charge on any atom is 0.410 e. The Balaban J connectivity index is 1.78. The lowest BCUT2D eigenvalue weighted by Crippen LogP contribution is -2.40. The van der Waals surface area contributed by atoms with Crippen LogP contribution in [0.4, 0.5) is 4.79 Å². The third-order valence-corrected chi connectivity index (χ3v) is 6.49. The second kappa shape index (κ2) is 9.38. The number of carbonyl (C=O) groups is 2. The molecule has 0 atom stereocenters. The summed E-state index contributed by atoms with van der Waals surface area (Å²) in [5.41, 5.74) is 0.0595. The van der Waals surface area contributed by atoms with Gasteiger partial charge in [-0.05, 0) is 46.1 Å². The fourth-order valence-corrected chi connectivity index (χ4v) is 4.73. The van der Waals surface area contributed by atoms with Crippen LogP contribution in [0.25, 0.3) is 10.2 Å². The van der Waals surface area contributed by atoms with Crippen molar-refractivity contribution >= 4 is 33.6 Å². The monoisotopic (exact) mass is 448 g/mol. The van der Waals surface area contributed by atoms with Gasteiger partial charge in [-0.3, -0.25) is 14.2 Å². The summed E-state index contributed by atoms with van der Waals surface area (Å²) < 4.78 is 7.09. The molecule has 8 nitrogen and oxygen atoms in total. The molecular weight excluding hydrogens is 416 g/mol. The van der Waals surface area contributed by atoms with Gasteiger partial charge < -0.3 is 14.5 Å². The lowest BCUT2D eigenvalue weighted by Gasteiger charge is -2.26. The van der Waals surface area contributed by atoms with Gasteiger partial charge >= 0.3 is 6.09 Å². The summed E-state index contributed by atoms with van der Waals surface area (Å²) in [6, 6.07) is 0. The van der Waals surface area contributed by atoms with Crippen LogP contribution >= 0.6 is 11.3 Å². The van der Waals surface area contributed by atoms with Crippen LogP contribution < -0.4 is 5.56 Å². The molecule has 2 aromatic heterocycles. The number of fused-ring (bicyclic) bond motifs is 1. The zero-order chi connectivity index (χ0) is 22.8. The Morgan fingerprint density at radius 2 is 1.84 bits per heavy atom. The number of amides is 2. The molecule has 3 rings (SSSR count). The van der Waals surface area contributed by atoms with E-state index in [1.807, 2.05) is 27.7 Å². The molecule has 0 saturated carbocycles. The first-order chi connectivity index (χ1) is 14.6. The van der Waals surface area contributed by atoms with Crippen molar-refractivity contribution in [2.45, 2.75) is 66.0 Å². The van der Waals surface area contributed by atoms with Gasteiger partial charge in [-0.1, -0.05) is 13.3 Å². The number of aromatic nitrogens is 2. The Kier molecular flexibility index (Phi) is 7.03. The van der Waals surface area contributed by atoms with Gasteiger partial charge in [0.05, 0.1) is 16.6 Å². The summed E-state index contributed by atoms with van der Waals surface area (Å²) >= 11 is 1.27. The largest absolute Gasteiger partial charge is 0.444 e. The summed E-state index contributed by atoms with van der Waals surface area (Å²) in [6.45, 7) is 12.0. The standard InChI is InChI=1S/C22H32N4O4S/c1-6-7-9-26-14-23-18-16(19(26)27)15(2)17(31-18)20(28)24-10-8-11-25(13-12-24)21(29)30-22(3,4)5/h14H,6-13H2,1-5H3. The van der Waals surface area contributed by atoms with Crippen LogP contribution in [0, 0.1) is 6.92 Å². The number of aryl methyl sites for hydroxylation is 2. The number of nitrogens with zero attached hydrogens (tertiary/aromatic N) is 4. The SMILES string of the molecule is CCCCn1cnc2sc(C(=O)N3CCCN(C(=O)OC(C)(C)C)CC3)c(C)c2c1=O. The third-order valence-electron chi connectivity index (χ3n) is 5.30. The van der Waals surface area contributed by atoms with E-state index in [4.69, 9.17) is 4.74 Å². The molecule has 2 aromatic rings. The van der Waals surface area contributed by atoms with Crippen LogP contribution in [0.1, 0.15) is 62.2 Å². The van der Waals surface area contributed by atoms with Gasteiger partial charge in [-0.2, -0.15) is 0 Å². The van der Waals surface area contributed by atoms with Crippen LogP contribution in [0.2, 0.25) is 0 Å². The molecular formula is C22H32N4O4S. The molecule has 0 radical (unpaired) electrons. The highest BCUT2D eigenvalue weighted by Crippen LogP contribution is 2.28. The minimum atomic E-state index is -0.551. The highest BCUT2D eigenvalue weighted by molar-refractivity contribution is 7.20. The van der Waals surface area contributed by atoms with Gasteiger partial charge in [0.15, 0.2) is 0 Å². The van der Waals surface area contributed by atoms with Gasteiger partial charge in [0.1, 0.15) is 10.4 Å². The van der Waals surface area contributed by atoms with Gasteiger partial charge in [-0.15, -0.1) is 11.3 Å². The molecule has 0 aliphatic carbocycles. The van der Waals surface area contributed by atoms with E-state index in [1.54, 1.807) is 20.7 Å². The van der Waals surface area contributed by atoms with E-state index in [0.717, 1.165) is 12.8 Å². The lowest BCUT2D eigenvalue weighted by molar-refractivity contribution is 0.0255. The second-order valence-corrected chi connectivity index (χ2v) is 9.95. The molecule has 31 heavy (non-hydrogen) atoms. The van der Waals surface area contributed by atoms with Crippen LogP contribution in [0.5, 0.6) is 0 Å². The van der Waals surface area contributed by atoms with Crippen molar-refractivity contribution in [1.29, 1.82) is 0 Å². The average Bonchev–Trinajstić information content (AvgIpc) is 2.87. The van der Waals surface area contributed by atoms with Crippen molar-refractivity contribution in [3.8, 4) is 0 Å². The van der Waals surface area contributed by atoms with E-state index in [2.05, 4.69) is 11.9 Å². The van der Waals surface area contributed by atoms with Crippen LogP contribution in [0.3, 0.4) is 0 Å². The summed E-state index contributed by atoms with van der Waals surface area (Å²) in [7, 11) is 0. The number of unbranched alkanes of at least 4 members (excludes halogenated alkanes) is 1. The van der Waals surface area contributed by atoms with Crippen molar-refractivity contribution in [2.24, 2.45) is 0 Å². The summed E-state index contributed by atoms with van der Waals surface area (Å²) in [4.78, 5) is 47.6. The number of thiophene rings is 1. The number of carbonyl (C=O) groups excluding carboxylic acids is 2. The fourth-order valence-electron chi connectivity index (χ4n) is 3.62. The number of rotatable bonds is 4. The maximum absolute atomic E-state index is 13.3. The second-order valence-electron chi connectivity index (χ2n) is 8.95. The number of hydrogen-bond acceptors (Lipinski definition) is 6. The normalized spacial score (nSPS) is 15.3. The lowest BCUT2D eigenvalue weighted by atomic mass is 10.2. The molecule has 1 aliphatic heterocycles. The number of hydrogen-bond donors (Lipinski definition) is 0. The van der Waals surface area contributed by atoms with Crippen molar-refractivity contribution in [1.82, 2.24) is 19.4 Å². The van der Waals surface area contributed by atoms with Crippen LogP contribution in [-0.2, 0) is 11.3 Å². The van der Waals surface area contributed by atoms with E-state index in [9.17, 15) is 14.4 Å². The Morgan fingerprint density at radius 3 is 2.52 bits per heavy atom. The van der Waals surface area contributed by atoms with Crippen molar-refractivity contribution in [2.75, 3.05) is 26.2 Å². The zero-order valence-corrected chi connectivity index (χ0v) is 19.9. The average molecular weight is 449 g/mol. The molecule has 1 fully saturated rings. The minimum absolute atomic E-state index is 0.0850. The Bertz CT molecular complexity index is 1020. The first kappa shape index (κ1) is 23.2. The molecule has 0 aromatic carbocycles. The van der Waals surface area contributed by atoms with Gasteiger partial charge in [0.25, 0.3) is 11.5 Å². The Morgan fingerprint density at radius 1 is 1.16 bits per heavy atom. The maximum atomic E-state index is 13.3. The summed E-state index contributed by atoms with van der Waals surface area (Å²) in [5, 5.41) is 0.539. The minimum Gasteiger partial charge on any atom is -0.444 e. The van der Waals surface area contributed by atoms with Crippen molar-refractivity contribution < 1.29 is 14.3 Å². The first-order valence-corrected chi connectivity index (χ1v) is 11.7. The molecule has 0 spiro atoms. The highest BCUT2D eigenvalue weighted by Gasteiger charge is 2.28. The molecule has 0 bridgehead atoms. The Hall–Kier alpha value is -2.42. The zero-order valence-electron chi connectivity index (χ0n) is 19.1. The van der Waals surface area contributed by atoms with Gasteiger partial charge in [0.2, 0.25) is 0 Å². The molecule has 1 aliphatic rings. The van der Waals surface area contributed by atoms with E-state index in [0.29, 0.717) is 59.8 Å². The fraction of sp³-hybridized carbons (Fsp3) is 0.636. The Labute approximate surface area is 186 Å². The molecule has 0 unspecified atom stereocenters. The van der Waals surface area contributed by atoms with Crippen molar-refractivity contribution in [3.05, 3.63) is 27.1 Å². The molecule has 0 N–H and O–H groups in total. The predicted octanol–water partition coefficient (Wildman–Crippen LogP) is 3.65. The van der Waals surface area contributed by atoms with E-state index >= 15 is 0 Å². The topological polar surface area (TPSA) is 84.7 Å². The van der Waals surface area contributed by atoms with E-state index in [-0.39, 0.29) is 17.6 Å². The summed E-state index contributed by atoms with van der Waals surface area (Å²) in [6.07, 6.45) is 3.80. The summed E-state index contributed by atoms with van der Waals surface area (Å²) in [5.74, 6) is -0.106. The smallest absolute Gasteiger partial charge is 0.410 e.